The van der Waals surface area contributed by atoms with Crippen LogP contribution in [-0.4, -0.2) is 35.0 Å². The highest BCUT2D eigenvalue weighted by Crippen LogP contribution is 2.33. The van der Waals surface area contributed by atoms with Crippen molar-refractivity contribution in [3.05, 3.63) is 0 Å². The number of carboxylic acids is 1. The monoisotopic (exact) mass is 253 g/mol. The Hall–Kier alpha value is -1.06. The Kier molecular flexibility index (Phi) is 3.93. The van der Waals surface area contributed by atoms with E-state index < -0.39 is 5.97 Å². The lowest BCUT2D eigenvalue weighted by Crippen LogP contribution is -2.31. The second-order valence-electron chi connectivity index (χ2n) is 6.21. The third-order valence-electron chi connectivity index (χ3n) is 4.55. The first-order valence-electron chi connectivity index (χ1n) is 6.98. The summed E-state index contributed by atoms with van der Waals surface area (Å²) < 4.78 is 0. The first-order chi connectivity index (χ1) is 8.47. The minimum atomic E-state index is -0.771. The van der Waals surface area contributed by atoms with Gasteiger partial charge in [0.2, 0.25) is 5.91 Å². The number of hydrogen-bond donors (Lipinski definition) is 1. The third-order valence-corrected chi connectivity index (χ3v) is 4.55. The first-order valence-corrected chi connectivity index (χ1v) is 6.98. The predicted molar refractivity (Wildman–Crippen MR) is 68.0 cm³/mol. The molecule has 2 unspecified atom stereocenters. The highest BCUT2D eigenvalue weighted by Gasteiger charge is 2.37. The number of nitrogens with zero attached hydrogens (tertiary/aromatic N) is 1. The predicted octanol–water partition coefficient (Wildman–Crippen LogP) is 1.99. The summed E-state index contributed by atoms with van der Waals surface area (Å²) in [7, 11) is 0. The number of hydrogen-bond acceptors (Lipinski definition) is 2. The van der Waals surface area contributed by atoms with Crippen molar-refractivity contribution in [2.45, 2.75) is 39.5 Å². The topological polar surface area (TPSA) is 57.6 Å². The molecule has 0 bridgehead atoms. The van der Waals surface area contributed by atoms with Gasteiger partial charge in [0.15, 0.2) is 0 Å². The molecule has 4 atom stereocenters. The minimum Gasteiger partial charge on any atom is -0.481 e. The van der Waals surface area contributed by atoms with E-state index in [0.717, 1.165) is 18.8 Å². The molecule has 1 saturated carbocycles. The van der Waals surface area contributed by atoms with Crippen molar-refractivity contribution >= 4 is 11.9 Å². The fourth-order valence-corrected chi connectivity index (χ4v) is 3.38. The Balaban J connectivity index is 1.85. The Morgan fingerprint density at radius 3 is 2.44 bits per heavy atom. The third kappa shape index (κ3) is 2.85. The molecule has 1 heterocycles. The van der Waals surface area contributed by atoms with Gasteiger partial charge in [0.25, 0.3) is 0 Å². The molecule has 102 valence electrons. The van der Waals surface area contributed by atoms with Gasteiger partial charge in [-0.1, -0.05) is 20.3 Å². The molecule has 0 aromatic rings. The first kappa shape index (κ1) is 13.4. The Bertz CT molecular complexity index is 342. The van der Waals surface area contributed by atoms with E-state index in [1.165, 1.54) is 6.42 Å². The van der Waals surface area contributed by atoms with Crippen LogP contribution in [0.5, 0.6) is 0 Å². The maximum Gasteiger partial charge on any atom is 0.308 e. The summed E-state index contributed by atoms with van der Waals surface area (Å²) in [5, 5.41) is 9.06. The van der Waals surface area contributed by atoms with Gasteiger partial charge < -0.3 is 10.0 Å². The summed E-state index contributed by atoms with van der Waals surface area (Å²) in [6.07, 6.45) is 4.14. The Morgan fingerprint density at radius 2 is 1.94 bits per heavy atom. The lowest BCUT2D eigenvalue weighted by atomic mass is 9.99. The standard InChI is InChI=1S/C14H23NO3/c1-9-3-4-11(5-9)6-13(16)15-7-10(2)12(8-15)14(17)18/h9-12H,3-8H2,1-2H3,(H,17,18)/t9?,10-,11?,12-/m1/s1. The normalized spacial score (nSPS) is 36.0. The molecule has 2 fully saturated rings. The van der Waals surface area contributed by atoms with Crippen LogP contribution in [-0.2, 0) is 9.59 Å². The molecule has 0 aromatic heterocycles. The van der Waals surface area contributed by atoms with Crippen LogP contribution in [0.1, 0.15) is 39.5 Å². The molecule has 1 saturated heterocycles. The van der Waals surface area contributed by atoms with Gasteiger partial charge in [-0.2, -0.15) is 0 Å². The van der Waals surface area contributed by atoms with E-state index >= 15 is 0 Å². The number of carbonyl (C=O) groups is 2. The maximum absolute atomic E-state index is 12.2. The van der Waals surface area contributed by atoms with E-state index in [9.17, 15) is 9.59 Å². The smallest absolute Gasteiger partial charge is 0.308 e. The second kappa shape index (κ2) is 5.29. The summed E-state index contributed by atoms with van der Waals surface area (Å²) in [5.74, 6) is 0.348. The van der Waals surface area contributed by atoms with Crippen molar-refractivity contribution in [3.8, 4) is 0 Å². The van der Waals surface area contributed by atoms with Crippen LogP contribution >= 0.6 is 0 Å². The van der Waals surface area contributed by atoms with E-state index in [1.54, 1.807) is 4.90 Å². The van der Waals surface area contributed by atoms with Crippen molar-refractivity contribution in [1.29, 1.82) is 0 Å². The zero-order valence-corrected chi connectivity index (χ0v) is 11.3. The van der Waals surface area contributed by atoms with Gasteiger partial charge in [-0.3, -0.25) is 9.59 Å². The molecule has 4 heteroatoms. The summed E-state index contributed by atoms with van der Waals surface area (Å²) in [5.41, 5.74) is 0. The molecule has 18 heavy (non-hydrogen) atoms. The summed E-state index contributed by atoms with van der Waals surface area (Å²) in [6, 6.07) is 0. The number of carbonyl (C=O) groups excluding carboxylic acids is 1. The van der Waals surface area contributed by atoms with Crippen LogP contribution < -0.4 is 0 Å². The quantitative estimate of drug-likeness (QED) is 0.837. The van der Waals surface area contributed by atoms with Gasteiger partial charge in [-0.25, -0.2) is 0 Å². The zero-order chi connectivity index (χ0) is 13.3. The molecule has 1 aliphatic heterocycles. The van der Waals surface area contributed by atoms with Crippen molar-refractivity contribution in [2.24, 2.45) is 23.7 Å². The molecule has 2 rings (SSSR count). The van der Waals surface area contributed by atoms with Gasteiger partial charge in [0.05, 0.1) is 5.92 Å². The van der Waals surface area contributed by atoms with Crippen LogP contribution in [0.4, 0.5) is 0 Å². The van der Waals surface area contributed by atoms with Crippen LogP contribution in [0.25, 0.3) is 0 Å². The van der Waals surface area contributed by atoms with Crippen molar-refractivity contribution in [1.82, 2.24) is 4.90 Å². The number of amides is 1. The minimum absolute atomic E-state index is 0.0777. The summed E-state index contributed by atoms with van der Waals surface area (Å²) in [4.78, 5) is 24.9. The van der Waals surface area contributed by atoms with E-state index in [2.05, 4.69) is 6.92 Å². The van der Waals surface area contributed by atoms with Gasteiger partial charge >= 0.3 is 5.97 Å². The average molecular weight is 253 g/mol. The van der Waals surface area contributed by atoms with E-state index in [1.807, 2.05) is 6.92 Å². The highest BCUT2D eigenvalue weighted by atomic mass is 16.4. The zero-order valence-electron chi connectivity index (χ0n) is 11.3. The summed E-state index contributed by atoms with van der Waals surface area (Å²) in [6.45, 7) is 5.17. The van der Waals surface area contributed by atoms with Gasteiger partial charge in [-0.05, 0) is 30.6 Å². The van der Waals surface area contributed by atoms with Gasteiger partial charge in [-0.15, -0.1) is 0 Å². The molecular weight excluding hydrogens is 230 g/mol. The van der Waals surface area contributed by atoms with Crippen molar-refractivity contribution in [2.75, 3.05) is 13.1 Å². The van der Waals surface area contributed by atoms with Gasteiger partial charge in [0, 0.05) is 19.5 Å². The lowest BCUT2D eigenvalue weighted by Gasteiger charge is -2.18. The van der Waals surface area contributed by atoms with Crippen LogP contribution in [0, 0.1) is 23.7 Å². The molecule has 1 aliphatic carbocycles. The van der Waals surface area contributed by atoms with Crippen LogP contribution in [0.15, 0.2) is 0 Å². The number of carboxylic acid groups (broad SMARTS) is 1. The van der Waals surface area contributed by atoms with E-state index in [0.29, 0.717) is 25.4 Å². The molecule has 2 aliphatic rings. The fraction of sp³-hybridized carbons (Fsp3) is 0.857. The average Bonchev–Trinajstić information content (AvgIpc) is 2.85. The molecule has 1 amide bonds. The molecular formula is C14H23NO3. The number of aliphatic carboxylic acids is 1. The van der Waals surface area contributed by atoms with Crippen LogP contribution in [0.2, 0.25) is 0 Å². The SMILES string of the molecule is CC1CCC(CC(=O)N2C[C@@H](C)[C@H](C(=O)O)C2)C1. The Morgan fingerprint density at radius 1 is 1.22 bits per heavy atom. The molecule has 0 spiro atoms. The molecule has 4 nitrogen and oxygen atoms in total. The largest absolute Gasteiger partial charge is 0.481 e. The molecule has 0 aromatic carbocycles. The second-order valence-corrected chi connectivity index (χ2v) is 6.21. The fourth-order valence-electron chi connectivity index (χ4n) is 3.38. The number of rotatable bonds is 3. The summed E-state index contributed by atoms with van der Waals surface area (Å²) >= 11 is 0. The van der Waals surface area contributed by atoms with E-state index in [4.69, 9.17) is 5.11 Å². The Labute approximate surface area is 108 Å². The lowest BCUT2D eigenvalue weighted by molar-refractivity contribution is -0.142. The van der Waals surface area contributed by atoms with Gasteiger partial charge in [0.1, 0.15) is 0 Å². The maximum atomic E-state index is 12.2. The highest BCUT2D eigenvalue weighted by molar-refractivity contribution is 5.79. The molecule has 0 radical (unpaired) electrons. The molecule has 1 N–H and O–H groups in total. The van der Waals surface area contributed by atoms with E-state index in [-0.39, 0.29) is 17.7 Å². The van der Waals surface area contributed by atoms with Crippen molar-refractivity contribution in [3.63, 3.8) is 0 Å². The number of likely N-dealkylation sites (tertiary alicyclic amines) is 1. The van der Waals surface area contributed by atoms with Crippen molar-refractivity contribution < 1.29 is 14.7 Å². The van der Waals surface area contributed by atoms with Crippen LogP contribution in [0.3, 0.4) is 0 Å².